The highest BCUT2D eigenvalue weighted by Crippen LogP contribution is 2.27. The summed E-state index contributed by atoms with van der Waals surface area (Å²) in [5.41, 5.74) is 6.44. The second kappa shape index (κ2) is 5.20. The van der Waals surface area contributed by atoms with Crippen molar-refractivity contribution in [2.45, 2.75) is 13.0 Å². The first kappa shape index (κ1) is 11.3. The van der Waals surface area contributed by atoms with Crippen LogP contribution in [-0.2, 0) is 0 Å². The number of hydrogen-bond donors (Lipinski definition) is 2. The Bertz CT molecular complexity index is 304. The fourth-order valence-electron chi connectivity index (χ4n) is 1.19. The average Bonchev–Trinajstić information content (AvgIpc) is 2.20. The van der Waals surface area contributed by atoms with Gasteiger partial charge in [-0.2, -0.15) is 0 Å². The first-order chi connectivity index (χ1) is 6.69. The van der Waals surface area contributed by atoms with E-state index >= 15 is 0 Å². The maximum absolute atomic E-state index is 8.95. The number of halogens is 1. The van der Waals surface area contributed by atoms with E-state index in [2.05, 4.69) is 0 Å². The van der Waals surface area contributed by atoms with E-state index in [1.165, 1.54) is 0 Å². The van der Waals surface area contributed by atoms with Crippen LogP contribution >= 0.6 is 11.6 Å². The lowest BCUT2D eigenvalue weighted by Gasteiger charge is -2.14. The standard InChI is InChI=1S/C10H14ClNO2/c1-2-14-10-4-3-7(11)5-8(10)9(12)6-13/h3-5,9,13H,2,6,12H2,1H3. The Morgan fingerprint density at radius 3 is 2.86 bits per heavy atom. The molecule has 1 atom stereocenters. The van der Waals surface area contributed by atoms with Crippen LogP contribution in [0.3, 0.4) is 0 Å². The van der Waals surface area contributed by atoms with Gasteiger partial charge in [-0.1, -0.05) is 11.6 Å². The van der Waals surface area contributed by atoms with Crippen molar-refractivity contribution in [2.24, 2.45) is 5.73 Å². The van der Waals surface area contributed by atoms with Crippen molar-refractivity contribution in [3.8, 4) is 5.75 Å². The maximum Gasteiger partial charge on any atom is 0.124 e. The highest BCUT2D eigenvalue weighted by Gasteiger charge is 2.11. The zero-order chi connectivity index (χ0) is 10.6. The van der Waals surface area contributed by atoms with Gasteiger partial charge in [-0.05, 0) is 25.1 Å². The molecule has 0 saturated heterocycles. The maximum atomic E-state index is 8.95. The Morgan fingerprint density at radius 1 is 1.57 bits per heavy atom. The number of ether oxygens (including phenoxy) is 1. The molecule has 0 bridgehead atoms. The molecule has 0 heterocycles. The Kier molecular flexibility index (Phi) is 4.20. The highest BCUT2D eigenvalue weighted by molar-refractivity contribution is 6.30. The first-order valence-electron chi connectivity index (χ1n) is 4.47. The molecule has 14 heavy (non-hydrogen) atoms. The second-order valence-corrected chi connectivity index (χ2v) is 3.34. The molecular formula is C10H14ClNO2. The minimum Gasteiger partial charge on any atom is -0.494 e. The van der Waals surface area contributed by atoms with Crippen LogP contribution in [-0.4, -0.2) is 18.3 Å². The van der Waals surface area contributed by atoms with Crippen LogP contribution in [0.25, 0.3) is 0 Å². The first-order valence-corrected chi connectivity index (χ1v) is 4.85. The molecule has 0 saturated carbocycles. The quantitative estimate of drug-likeness (QED) is 0.805. The van der Waals surface area contributed by atoms with Crippen LogP contribution in [0.15, 0.2) is 18.2 Å². The molecule has 0 amide bonds. The van der Waals surface area contributed by atoms with E-state index < -0.39 is 6.04 Å². The minimum atomic E-state index is -0.449. The van der Waals surface area contributed by atoms with Crippen LogP contribution in [0.1, 0.15) is 18.5 Å². The average molecular weight is 216 g/mol. The third-order valence-corrected chi connectivity index (χ3v) is 2.10. The van der Waals surface area contributed by atoms with E-state index in [0.29, 0.717) is 17.4 Å². The summed E-state index contributed by atoms with van der Waals surface area (Å²) in [5, 5.41) is 9.54. The number of nitrogens with two attached hydrogens (primary N) is 1. The molecule has 3 nitrogen and oxygen atoms in total. The van der Waals surface area contributed by atoms with Gasteiger partial charge in [-0.3, -0.25) is 0 Å². The zero-order valence-electron chi connectivity index (χ0n) is 8.03. The van der Waals surface area contributed by atoms with Crippen molar-refractivity contribution in [1.29, 1.82) is 0 Å². The normalized spacial score (nSPS) is 12.6. The molecule has 0 aliphatic rings. The summed E-state index contributed by atoms with van der Waals surface area (Å²) in [5.74, 6) is 0.679. The predicted octanol–water partition coefficient (Wildman–Crippen LogP) is 1.73. The van der Waals surface area contributed by atoms with Gasteiger partial charge < -0.3 is 15.6 Å². The van der Waals surface area contributed by atoms with Gasteiger partial charge >= 0.3 is 0 Å². The molecular weight excluding hydrogens is 202 g/mol. The molecule has 0 fully saturated rings. The summed E-state index contributed by atoms with van der Waals surface area (Å²) in [6.07, 6.45) is 0. The van der Waals surface area contributed by atoms with Crippen molar-refractivity contribution in [2.75, 3.05) is 13.2 Å². The molecule has 1 unspecified atom stereocenters. The lowest BCUT2D eigenvalue weighted by atomic mass is 10.1. The molecule has 1 rings (SSSR count). The second-order valence-electron chi connectivity index (χ2n) is 2.90. The molecule has 3 N–H and O–H groups in total. The molecule has 0 aliphatic carbocycles. The Balaban J connectivity index is 3.02. The van der Waals surface area contributed by atoms with Gasteiger partial charge in [0.05, 0.1) is 19.3 Å². The van der Waals surface area contributed by atoms with Gasteiger partial charge in [0.2, 0.25) is 0 Å². The summed E-state index contributed by atoms with van der Waals surface area (Å²) < 4.78 is 5.37. The van der Waals surface area contributed by atoms with Gasteiger partial charge in [0.25, 0.3) is 0 Å². The van der Waals surface area contributed by atoms with Crippen LogP contribution in [0.4, 0.5) is 0 Å². The summed E-state index contributed by atoms with van der Waals surface area (Å²) in [4.78, 5) is 0. The molecule has 1 aromatic rings. The zero-order valence-corrected chi connectivity index (χ0v) is 8.79. The number of hydrogen-bond acceptors (Lipinski definition) is 3. The van der Waals surface area contributed by atoms with E-state index in [9.17, 15) is 0 Å². The van der Waals surface area contributed by atoms with Gasteiger partial charge in [0.15, 0.2) is 0 Å². The lowest BCUT2D eigenvalue weighted by molar-refractivity contribution is 0.261. The Labute approximate surface area is 88.4 Å². The highest BCUT2D eigenvalue weighted by atomic mass is 35.5. The predicted molar refractivity (Wildman–Crippen MR) is 56.6 cm³/mol. The topological polar surface area (TPSA) is 55.5 Å². The van der Waals surface area contributed by atoms with Crippen LogP contribution in [0.2, 0.25) is 5.02 Å². The molecule has 0 aromatic heterocycles. The number of rotatable bonds is 4. The van der Waals surface area contributed by atoms with Crippen molar-refractivity contribution >= 4 is 11.6 Å². The molecule has 78 valence electrons. The van der Waals surface area contributed by atoms with Gasteiger partial charge in [-0.25, -0.2) is 0 Å². The van der Waals surface area contributed by atoms with Crippen LogP contribution < -0.4 is 10.5 Å². The summed E-state index contributed by atoms with van der Waals surface area (Å²) in [6.45, 7) is 2.33. The van der Waals surface area contributed by atoms with Crippen LogP contribution in [0, 0.1) is 0 Å². The fourth-order valence-corrected chi connectivity index (χ4v) is 1.37. The summed E-state index contributed by atoms with van der Waals surface area (Å²) in [7, 11) is 0. The largest absolute Gasteiger partial charge is 0.494 e. The van der Waals surface area contributed by atoms with Crippen molar-refractivity contribution in [3.05, 3.63) is 28.8 Å². The number of aliphatic hydroxyl groups excluding tert-OH is 1. The van der Waals surface area contributed by atoms with Crippen molar-refractivity contribution in [1.82, 2.24) is 0 Å². The third kappa shape index (κ3) is 2.61. The van der Waals surface area contributed by atoms with E-state index in [4.69, 9.17) is 27.2 Å². The monoisotopic (exact) mass is 215 g/mol. The van der Waals surface area contributed by atoms with Crippen molar-refractivity contribution in [3.63, 3.8) is 0 Å². The SMILES string of the molecule is CCOc1ccc(Cl)cc1C(N)CO. The third-order valence-electron chi connectivity index (χ3n) is 1.87. The van der Waals surface area contributed by atoms with E-state index in [0.717, 1.165) is 5.56 Å². The summed E-state index contributed by atoms with van der Waals surface area (Å²) in [6, 6.07) is 4.76. The molecule has 1 aromatic carbocycles. The lowest BCUT2D eigenvalue weighted by Crippen LogP contribution is -2.15. The van der Waals surface area contributed by atoms with Crippen molar-refractivity contribution < 1.29 is 9.84 Å². The summed E-state index contributed by atoms with van der Waals surface area (Å²) >= 11 is 5.83. The Morgan fingerprint density at radius 2 is 2.29 bits per heavy atom. The van der Waals surface area contributed by atoms with Crippen LogP contribution in [0.5, 0.6) is 5.75 Å². The van der Waals surface area contributed by atoms with Gasteiger partial charge in [0.1, 0.15) is 5.75 Å². The van der Waals surface area contributed by atoms with E-state index in [1.807, 2.05) is 6.92 Å². The Hall–Kier alpha value is -0.770. The molecule has 4 heteroatoms. The fraction of sp³-hybridized carbons (Fsp3) is 0.400. The number of aliphatic hydroxyl groups is 1. The van der Waals surface area contributed by atoms with E-state index in [1.54, 1.807) is 18.2 Å². The smallest absolute Gasteiger partial charge is 0.124 e. The van der Waals surface area contributed by atoms with Gasteiger partial charge in [-0.15, -0.1) is 0 Å². The minimum absolute atomic E-state index is 0.125. The molecule has 0 spiro atoms. The molecule has 0 aliphatic heterocycles. The van der Waals surface area contributed by atoms with E-state index in [-0.39, 0.29) is 6.61 Å². The van der Waals surface area contributed by atoms with Gasteiger partial charge in [0, 0.05) is 10.6 Å². The number of benzene rings is 1. The molecule has 0 radical (unpaired) electrons.